The predicted octanol–water partition coefficient (Wildman–Crippen LogP) is 4.62. The van der Waals surface area contributed by atoms with Gasteiger partial charge in [0.1, 0.15) is 5.65 Å². The second-order valence-electron chi connectivity index (χ2n) is 6.59. The molecule has 2 N–H and O–H groups in total. The third kappa shape index (κ3) is 3.83. The molecule has 2 aromatic carbocycles. The van der Waals surface area contributed by atoms with Crippen LogP contribution in [0.25, 0.3) is 16.7 Å². The lowest BCUT2D eigenvalue weighted by atomic mass is 10.2. The van der Waals surface area contributed by atoms with E-state index in [2.05, 4.69) is 15.4 Å². The van der Waals surface area contributed by atoms with Gasteiger partial charge in [-0.15, -0.1) is 0 Å². The summed E-state index contributed by atoms with van der Waals surface area (Å²) in [5.74, 6) is 0. The van der Waals surface area contributed by atoms with Crippen LogP contribution < -0.4 is 10.9 Å². The topological polar surface area (TPSA) is 62.7 Å². The van der Waals surface area contributed by atoms with Gasteiger partial charge in [0, 0.05) is 34.1 Å². The van der Waals surface area contributed by atoms with Crippen molar-refractivity contribution >= 4 is 34.2 Å². The zero-order valence-electron chi connectivity index (χ0n) is 15.2. The Hall–Kier alpha value is -2.60. The van der Waals surface area contributed by atoms with Crippen LogP contribution >= 0.6 is 23.2 Å². The monoisotopic (exact) mass is 412 g/mol. The van der Waals surface area contributed by atoms with Gasteiger partial charge < -0.3 is 10.3 Å². The predicted molar refractivity (Wildman–Crippen MR) is 113 cm³/mol. The number of hydrogen-bond acceptors (Lipinski definition) is 3. The molecule has 0 aliphatic rings. The number of aromatic nitrogens is 3. The molecule has 0 aliphatic carbocycles. The maximum atomic E-state index is 12.6. The zero-order valence-corrected chi connectivity index (χ0v) is 16.7. The molecule has 0 aliphatic heterocycles. The standard InChI is InChI=1S/C21H18Cl2N4O/c1-13-19-10-15(12-24-11-14-2-4-16(22)5-3-14)21(28)25-20(19)27(26-13)18-8-6-17(23)7-9-18/h2-10,24H,11-12H2,1H3,(H,25,28). The van der Waals surface area contributed by atoms with Crippen LogP contribution in [0.15, 0.2) is 59.4 Å². The zero-order chi connectivity index (χ0) is 19.7. The molecule has 0 radical (unpaired) electrons. The smallest absolute Gasteiger partial charge is 0.254 e. The van der Waals surface area contributed by atoms with Gasteiger partial charge in [-0.05, 0) is 55.0 Å². The fourth-order valence-electron chi connectivity index (χ4n) is 3.10. The SMILES string of the molecule is Cc1nn(-c2ccc(Cl)cc2)c2[nH]c(=O)c(CNCc3ccc(Cl)cc3)cc12. The van der Waals surface area contributed by atoms with Crippen LogP contribution in [0.4, 0.5) is 0 Å². The van der Waals surface area contributed by atoms with Gasteiger partial charge in [-0.3, -0.25) is 4.79 Å². The Balaban J connectivity index is 1.60. The van der Waals surface area contributed by atoms with Crippen LogP contribution in [-0.2, 0) is 13.1 Å². The van der Waals surface area contributed by atoms with Crippen molar-refractivity contribution in [2.45, 2.75) is 20.0 Å². The third-order valence-corrected chi connectivity index (χ3v) is 5.08. The summed E-state index contributed by atoms with van der Waals surface area (Å²) < 4.78 is 1.73. The Morgan fingerprint density at radius 3 is 2.32 bits per heavy atom. The minimum Gasteiger partial charge on any atom is -0.308 e. The van der Waals surface area contributed by atoms with Crippen LogP contribution in [0.2, 0.25) is 10.0 Å². The summed E-state index contributed by atoms with van der Waals surface area (Å²) in [6.45, 7) is 3.04. The molecule has 142 valence electrons. The summed E-state index contributed by atoms with van der Waals surface area (Å²) in [5, 5.41) is 10.2. The van der Waals surface area contributed by atoms with E-state index in [1.165, 1.54) is 0 Å². The van der Waals surface area contributed by atoms with Gasteiger partial charge >= 0.3 is 0 Å². The van der Waals surface area contributed by atoms with Crippen LogP contribution in [-0.4, -0.2) is 14.8 Å². The average molecular weight is 413 g/mol. The molecule has 0 unspecified atom stereocenters. The van der Waals surface area contributed by atoms with Gasteiger partial charge in [0.15, 0.2) is 0 Å². The van der Waals surface area contributed by atoms with E-state index in [4.69, 9.17) is 23.2 Å². The molecule has 0 saturated carbocycles. The average Bonchev–Trinajstić information content (AvgIpc) is 3.00. The molecule has 2 aromatic heterocycles. The fourth-order valence-corrected chi connectivity index (χ4v) is 3.36. The van der Waals surface area contributed by atoms with Crippen molar-refractivity contribution in [1.82, 2.24) is 20.1 Å². The van der Waals surface area contributed by atoms with Crippen molar-refractivity contribution in [2.75, 3.05) is 0 Å². The Labute approximate surface area is 171 Å². The number of benzene rings is 2. The molecule has 28 heavy (non-hydrogen) atoms. The van der Waals surface area contributed by atoms with Crippen LogP contribution in [0.1, 0.15) is 16.8 Å². The molecule has 0 bridgehead atoms. The number of aryl methyl sites for hydroxylation is 1. The number of nitrogens with one attached hydrogen (secondary N) is 2. The fraction of sp³-hybridized carbons (Fsp3) is 0.143. The lowest BCUT2D eigenvalue weighted by Gasteiger charge is -2.06. The maximum Gasteiger partial charge on any atom is 0.254 e. The molecular weight excluding hydrogens is 395 g/mol. The summed E-state index contributed by atoms with van der Waals surface area (Å²) in [7, 11) is 0. The van der Waals surface area contributed by atoms with Crippen molar-refractivity contribution < 1.29 is 0 Å². The summed E-state index contributed by atoms with van der Waals surface area (Å²) in [4.78, 5) is 15.6. The summed E-state index contributed by atoms with van der Waals surface area (Å²) >= 11 is 11.9. The Bertz CT molecular complexity index is 1180. The molecule has 0 amide bonds. The summed E-state index contributed by atoms with van der Waals surface area (Å²) in [6.07, 6.45) is 0. The van der Waals surface area contributed by atoms with E-state index in [-0.39, 0.29) is 5.56 Å². The van der Waals surface area contributed by atoms with E-state index in [1.54, 1.807) is 16.8 Å². The van der Waals surface area contributed by atoms with E-state index in [9.17, 15) is 4.79 Å². The van der Waals surface area contributed by atoms with E-state index in [0.717, 1.165) is 22.3 Å². The second kappa shape index (κ2) is 7.80. The first-order chi connectivity index (χ1) is 13.5. The highest BCUT2D eigenvalue weighted by atomic mass is 35.5. The highest BCUT2D eigenvalue weighted by Gasteiger charge is 2.13. The minimum atomic E-state index is -0.133. The number of rotatable bonds is 5. The summed E-state index contributed by atoms with van der Waals surface area (Å²) in [6, 6.07) is 16.9. The van der Waals surface area contributed by atoms with Gasteiger partial charge in [0.2, 0.25) is 0 Å². The Morgan fingerprint density at radius 2 is 1.64 bits per heavy atom. The largest absolute Gasteiger partial charge is 0.308 e. The first-order valence-corrected chi connectivity index (χ1v) is 9.59. The highest BCUT2D eigenvalue weighted by molar-refractivity contribution is 6.30. The molecule has 7 heteroatoms. The lowest BCUT2D eigenvalue weighted by Crippen LogP contribution is -2.21. The van der Waals surface area contributed by atoms with E-state index in [0.29, 0.717) is 34.3 Å². The van der Waals surface area contributed by atoms with Gasteiger partial charge in [-0.2, -0.15) is 5.10 Å². The molecule has 5 nitrogen and oxygen atoms in total. The van der Waals surface area contributed by atoms with Crippen LogP contribution in [0, 0.1) is 6.92 Å². The van der Waals surface area contributed by atoms with Crippen molar-refractivity contribution in [1.29, 1.82) is 0 Å². The quantitative estimate of drug-likeness (QED) is 0.502. The Kier molecular flexibility index (Phi) is 5.22. The Morgan fingerprint density at radius 1 is 1.00 bits per heavy atom. The van der Waals surface area contributed by atoms with E-state index < -0.39 is 0 Å². The van der Waals surface area contributed by atoms with Crippen molar-refractivity contribution in [3.8, 4) is 5.69 Å². The van der Waals surface area contributed by atoms with Crippen molar-refractivity contribution in [3.63, 3.8) is 0 Å². The first kappa shape index (κ1) is 18.7. The van der Waals surface area contributed by atoms with Crippen molar-refractivity contribution in [3.05, 3.63) is 91.8 Å². The van der Waals surface area contributed by atoms with E-state index in [1.807, 2.05) is 49.4 Å². The molecule has 4 rings (SSSR count). The third-order valence-electron chi connectivity index (χ3n) is 4.58. The number of halogens is 2. The molecule has 0 spiro atoms. The maximum absolute atomic E-state index is 12.6. The van der Waals surface area contributed by atoms with Gasteiger partial charge in [0.05, 0.1) is 11.4 Å². The number of fused-ring (bicyclic) bond motifs is 1. The summed E-state index contributed by atoms with van der Waals surface area (Å²) in [5.41, 5.74) is 4.00. The van der Waals surface area contributed by atoms with Gasteiger partial charge in [0.25, 0.3) is 5.56 Å². The molecule has 0 fully saturated rings. The minimum absolute atomic E-state index is 0.133. The van der Waals surface area contributed by atoms with Crippen LogP contribution in [0.3, 0.4) is 0 Å². The van der Waals surface area contributed by atoms with Crippen molar-refractivity contribution in [2.24, 2.45) is 0 Å². The first-order valence-electron chi connectivity index (χ1n) is 8.84. The van der Waals surface area contributed by atoms with Gasteiger partial charge in [-0.1, -0.05) is 35.3 Å². The lowest BCUT2D eigenvalue weighted by molar-refractivity contribution is 0.688. The van der Waals surface area contributed by atoms with Crippen LogP contribution in [0.5, 0.6) is 0 Å². The number of H-pyrrole nitrogens is 1. The number of hydrogen-bond donors (Lipinski definition) is 2. The molecular formula is C21H18Cl2N4O. The van der Waals surface area contributed by atoms with E-state index >= 15 is 0 Å². The number of nitrogens with zero attached hydrogens (tertiary/aromatic N) is 2. The second-order valence-corrected chi connectivity index (χ2v) is 7.46. The van der Waals surface area contributed by atoms with Gasteiger partial charge in [-0.25, -0.2) is 4.68 Å². The normalized spacial score (nSPS) is 11.2. The molecule has 4 aromatic rings. The molecule has 0 atom stereocenters. The number of pyridine rings is 1. The number of aromatic amines is 1. The highest BCUT2D eigenvalue weighted by Crippen LogP contribution is 2.21. The molecule has 2 heterocycles. The molecule has 0 saturated heterocycles.